The summed E-state index contributed by atoms with van der Waals surface area (Å²) < 4.78 is 0.936. The smallest absolute Gasteiger partial charge is 0.270 e. The molecule has 0 saturated heterocycles. The summed E-state index contributed by atoms with van der Waals surface area (Å²) in [6.07, 6.45) is 2.08. The van der Waals surface area contributed by atoms with Gasteiger partial charge >= 0.3 is 0 Å². The first-order valence-corrected chi connectivity index (χ1v) is 9.63. The molecule has 3 rings (SSSR count). The van der Waals surface area contributed by atoms with E-state index in [-0.39, 0.29) is 24.1 Å². The summed E-state index contributed by atoms with van der Waals surface area (Å²) in [7, 11) is 1.58. The molecule has 0 unspecified atom stereocenters. The van der Waals surface area contributed by atoms with Crippen molar-refractivity contribution in [3.05, 3.63) is 50.8 Å². The van der Waals surface area contributed by atoms with Gasteiger partial charge < -0.3 is 15.2 Å². The molecule has 0 saturated carbocycles. The molecule has 0 atom stereocenters. The van der Waals surface area contributed by atoms with E-state index in [1.807, 2.05) is 25.1 Å². The van der Waals surface area contributed by atoms with E-state index in [0.717, 1.165) is 28.6 Å². The molecule has 0 aliphatic heterocycles. The molecule has 7 heteroatoms. The number of anilines is 1. The third kappa shape index (κ3) is 3.98. The Bertz CT molecular complexity index is 933. The summed E-state index contributed by atoms with van der Waals surface area (Å²) in [5, 5.41) is 2.83. The molecular weight excluding hydrogens is 410 g/mol. The Morgan fingerprint density at radius 2 is 2.00 bits per heavy atom. The minimum Gasteiger partial charge on any atom is -0.354 e. The average molecular weight is 432 g/mol. The number of carbonyl (C=O) groups excluding carboxylic acids is 3. The average Bonchev–Trinajstić information content (AvgIpc) is 2.94. The van der Waals surface area contributed by atoms with Crippen LogP contribution in [0.5, 0.6) is 0 Å². The summed E-state index contributed by atoms with van der Waals surface area (Å²) in [6.45, 7) is 3.61. The van der Waals surface area contributed by atoms with Crippen molar-refractivity contribution in [2.75, 3.05) is 18.9 Å². The zero-order valence-corrected chi connectivity index (χ0v) is 17.2. The Morgan fingerprint density at radius 3 is 2.67 bits per heavy atom. The molecule has 2 amide bonds. The minimum absolute atomic E-state index is 0.0780. The highest BCUT2D eigenvalue weighted by molar-refractivity contribution is 9.10. The zero-order valence-electron chi connectivity index (χ0n) is 15.6. The van der Waals surface area contributed by atoms with Crippen LogP contribution in [-0.4, -0.2) is 41.1 Å². The van der Waals surface area contributed by atoms with Crippen molar-refractivity contribution in [3.8, 4) is 0 Å². The highest BCUT2D eigenvalue weighted by atomic mass is 79.9. The van der Waals surface area contributed by atoms with Crippen molar-refractivity contribution in [1.29, 1.82) is 0 Å². The fourth-order valence-electron chi connectivity index (χ4n) is 3.42. The Labute approximate surface area is 166 Å². The van der Waals surface area contributed by atoms with Crippen molar-refractivity contribution < 1.29 is 14.4 Å². The van der Waals surface area contributed by atoms with Crippen molar-refractivity contribution in [2.45, 2.75) is 33.1 Å². The van der Waals surface area contributed by atoms with Gasteiger partial charge in [0.2, 0.25) is 5.91 Å². The molecule has 2 aromatic rings. The van der Waals surface area contributed by atoms with Gasteiger partial charge in [0.1, 0.15) is 5.69 Å². The number of carbonyl (C=O) groups is 3. The van der Waals surface area contributed by atoms with E-state index in [0.29, 0.717) is 28.9 Å². The molecule has 0 fully saturated rings. The second-order valence-corrected chi connectivity index (χ2v) is 7.84. The van der Waals surface area contributed by atoms with Crippen LogP contribution in [0.3, 0.4) is 0 Å². The molecule has 1 aromatic carbocycles. The molecule has 1 heterocycles. The van der Waals surface area contributed by atoms with Gasteiger partial charge in [0, 0.05) is 34.9 Å². The summed E-state index contributed by atoms with van der Waals surface area (Å²) in [6, 6.07) is 5.57. The summed E-state index contributed by atoms with van der Waals surface area (Å²) in [5.41, 5.74) is 4.18. The number of benzene rings is 1. The largest absolute Gasteiger partial charge is 0.354 e. The number of nitrogens with one attached hydrogen (secondary N) is 2. The highest BCUT2D eigenvalue weighted by Gasteiger charge is 2.28. The third-order valence-corrected chi connectivity index (χ3v) is 5.33. The van der Waals surface area contributed by atoms with E-state index >= 15 is 0 Å². The lowest BCUT2D eigenvalue weighted by Crippen LogP contribution is -2.35. The number of aromatic amines is 1. The summed E-state index contributed by atoms with van der Waals surface area (Å²) in [5.74, 6) is -0.492. The van der Waals surface area contributed by atoms with Gasteiger partial charge in [-0.3, -0.25) is 14.4 Å². The van der Waals surface area contributed by atoms with Crippen molar-refractivity contribution in [2.24, 2.45) is 0 Å². The second-order valence-electron chi connectivity index (χ2n) is 6.92. The number of fused-ring (bicyclic) bond motifs is 1. The van der Waals surface area contributed by atoms with Gasteiger partial charge in [-0.25, -0.2) is 0 Å². The molecule has 0 spiro atoms. The van der Waals surface area contributed by atoms with E-state index in [1.165, 1.54) is 4.90 Å². The number of nitrogens with zero attached hydrogens (tertiary/aromatic N) is 1. The number of amides is 2. The number of halogens is 1. The SMILES string of the molecule is Cc1cc(Br)ccc1NC(=O)CN(C)C(=O)c1[nH]c2c(c1C)C(=O)CCC2. The molecule has 0 radical (unpaired) electrons. The number of hydrogen-bond donors (Lipinski definition) is 2. The van der Waals surface area contributed by atoms with E-state index in [1.54, 1.807) is 14.0 Å². The predicted octanol–water partition coefficient (Wildman–Crippen LogP) is 3.62. The van der Waals surface area contributed by atoms with Gasteiger partial charge in [-0.2, -0.15) is 0 Å². The number of rotatable bonds is 4. The van der Waals surface area contributed by atoms with Crippen LogP contribution in [0.4, 0.5) is 5.69 Å². The first-order valence-electron chi connectivity index (χ1n) is 8.84. The van der Waals surface area contributed by atoms with E-state index in [2.05, 4.69) is 26.2 Å². The monoisotopic (exact) mass is 431 g/mol. The summed E-state index contributed by atoms with van der Waals surface area (Å²) in [4.78, 5) is 41.7. The van der Waals surface area contributed by atoms with E-state index in [9.17, 15) is 14.4 Å². The number of H-pyrrole nitrogens is 1. The topological polar surface area (TPSA) is 82.3 Å². The van der Waals surface area contributed by atoms with Gasteiger partial charge in [0.25, 0.3) is 5.91 Å². The quantitative estimate of drug-likeness (QED) is 0.774. The lowest BCUT2D eigenvalue weighted by molar-refractivity contribution is -0.116. The van der Waals surface area contributed by atoms with E-state index in [4.69, 9.17) is 0 Å². The number of hydrogen-bond acceptors (Lipinski definition) is 3. The van der Waals surface area contributed by atoms with Crippen molar-refractivity contribution in [1.82, 2.24) is 9.88 Å². The van der Waals surface area contributed by atoms with Crippen LogP contribution in [0.25, 0.3) is 0 Å². The lowest BCUT2D eigenvalue weighted by Gasteiger charge is -2.17. The van der Waals surface area contributed by atoms with Gasteiger partial charge in [-0.05, 0) is 56.0 Å². The highest BCUT2D eigenvalue weighted by Crippen LogP contribution is 2.27. The van der Waals surface area contributed by atoms with Gasteiger partial charge in [-0.1, -0.05) is 15.9 Å². The molecule has 1 aliphatic carbocycles. The Balaban J connectivity index is 1.71. The molecular formula is C20H22BrN3O3. The lowest BCUT2D eigenvalue weighted by atomic mass is 9.94. The van der Waals surface area contributed by atoms with Crippen LogP contribution >= 0.6 is 15.9 Å². The van der Waals surface area contributed by atoms with Gasteiger partial charge in [-0.15, -0.1) is 0 Å². The molecule has 6 nitrogen and oxygen atoms in total. The molecule has 1 aromatic heterocycles. The molecule has 27 heavy (non-hydrogen) atoms. The number of likely N-dealkylation sites (N-methyl/N-ethyl adjacent to an activating group) is 1. The third-order valence-electron chi connectivity index (χ3n) is 4.84. The molecule has 2 N–H and O–H groups in total. The maximum absolute atomic E-state index is 12.8. The Hall–Kier alpha value is -2.41. The van der Waals surface area contributed by atoms with Crippen LogP contribution in [0.1, 0.15) is 50.5 Å². The number of Topliss-reactive ketones (excluding diaryl/α,β-unsaturated/α-hetero) is 1. The first-order chi connectivity index (χ1) is 12.8. The van der Waals surface area contributed by atoms with Crippen molar-refractivity contribution >= 4 is 39.2 Å². The first kappa shape index (κ1) is 19.4. The second kappa shape index (κ2) is 7.68. The minimum atomic E-state index is -0.294. The van der Waals surface area contributed by atoms with Crippen LogP contribution < -0.4 is 5.32 Å². The van der Waals surface area contributed by atoms with Crippen LogP contribution in [0.2, 0.25) is 0 Å². The molecule has 1 aliphatic rings. The standard InChI is InChI=1S/C20H22BrN3O3/c1-11-9-13(21)7-8-14(11)22-17(26)10-24(3)20(27)19-12(2)18-15(23-19)5-4-6-16(18)25/h7-9,23H,4-6,10H2,1-3H3,(H,22,26). The fraction of sp³-hybridized carbons (Fsp3) is 0.350. The normalized spacial score (nSPS) is 13.3. The van der Waals surface area contributed by atoms with Crippen LogP contribution in [-0.2, 0) is 11.2 Å². The number of aryl methyl sites for hydroxylation is 2. The maximum Gasteiger partial charge on any atom is 0.270 e. The molecule has 0 bridgehead atoms. The number of ketones is 1. The van der Waals surface area contributed by atoms with Crippen LogP contribution in [0.15, 0.2) is 22.7 Å². The van der Waals surface area contributed by atoms with Gasteiger partial charge in [0.15, 0.2) is 5.78 Å². The molecule has 142 valence electrons. The van der Waals surface area contributed by atoms with Gasteiger partial charge in [0.05, 0.1) is 6.54 Å². The fourth-order valence-corrected chi connectivity index (χ4v) is 3.90. The van der Waals surface area contributed by atoms with E-state index < -0.39 is 0 Å². The zero-order chi connectivity index (χ0) is 19.7. The maximum atomic E-state index is 12.8. The van der Waals surface area contributed by atoms with Crippen LogP contribution in [0, 0.1) is 13.8 Å². The summed E-state index contributed by atoms with van der Waals surface area (Å²) >= 11 is 3.39. The Morgan fingerprint density at radius 1 is 1.26 bits per heavy atom. The predicted molar refractivity (Wildman–Crippen MR) is 107 cm³/mol. The van der Waals surface area contributed by atoms with Crippen molar-refractivity contribution in [3.63, 3.8) is 0 Å². The number of aromatic nitrogens is 1. The Kier molecular flexibility index (Phi) is 5.51.